The van der Waals surface area contributed by atoms with E-state index in [1.165, 1.54) is 0 Å². The highest BCUT2D eigenvalue weighted by Gasteiger charge is 2.04. The molecule has 0 fully saturated rings. The molecular formula is C8H15N3O3. The van der Waals surface area contributed by atoms with Crippen LogP contribution in [0.5, 0.6) is 0 Å². The summed E-state index contributed by atoms with van der Waals surface area (Å²) in [6, 6.07) is 0. The second-order valence-electron chi connectivity index (χ2n) is 2.62. The van der Waals surface area contributed by atoms with Gasteiger partial charge in [0.1, 0.15) is 5.97 Å². The third kappa shape index (κ3) is 5.13. The quantitative estimate of drug-likeness (QED) is 0.182. The zero-order chi connectivity index (χ0) is 11.0. The van der Waals surface area contributed by atoms with Gasteiger partial charge in [0.2, 0.25) is 0 Å². The third-order valence-electron chi connectivity index (χ3n) is 1.61. The summed E-state index contributed by atoms with van der Waals surface area (Å²) in [4.78, 5) is 23.5. The first-order valence-corrected chi connectivity index (χ1v) is 4.32. The minimum absolute atomic E-state index is 0.00393. The van der Waals surface area contributed by atoms with Crippen LogP contribution in [0.1, 0.15) is 12.8 Å². The van der Waals surface area contributed by atoms with Crippen LogP contribution in [-0.4, -0.2) is 38.4 Å². The molecule has 0 rings (SSSR count). The summed E-state index contributed by atoms with van der Waals surface area (Å²) in [5.41, 5.74) is 0. The van der Waals surface area contributed by atoms with Gasteiger partial charge < -0.3 is 9.90 Å². The van der Waals surface area contributed by atoms with Crippen molar-refractivity contribution < 1.29 is 19.7 Å². The average Bonchev–Trinajstić information content (AvgIpc) is 2.17. The van der Waals surface area contributed by atoms with Gasteiger partial charge in [-0.25, -0.2) is 0 Å². The van der Waals surface area contributed by atoms with Crippen LogP contribution in [0.3, 0.4) is 0 Å². The Bertz CT molecular complexity index is 234. The topological polar surface area (TPSA) is 95.2 Å². The Hall–Kier alpha value is -1.59. The van der Waals surface area contributed by atoms with Crippen molar-refractivity contribution in [3.05, 3.63) is 0 Å². The molecule has 14 heavy (non-hydrogen) atoms. The van der Waals surface area contributed by atoms with Crippen LogP contribution in [0.15, 0.2) is 0 Å². The largest absolute Gasteiger partial charge is 0.542 e. The number of Topliss-reactive ketones (excluding diaryl/α,β-unsaturated/α-hetero) is 1. The van der Waals surface area contributed by atoms with Gasteiger partial charge in [-0.05, 0) is 6.42 Å². The molecule has 0 atom stereocenters. The maximum absolute atomic E-state index is 10.6. The lowest BCUT2D eigenvalue weighted by Gasteiger charge is -2.02. The van der Waals surface area contributed by atoms with Crippen molar-refractivity contribution >= 4 is 17.7 Å². The number of guanidine groups is 1. The number of nitrogens with one attached hydrogen (secondary N) is 3. The number of hydrogen-bond acceptors (Lipinski definition) is 3. The Labute approximate surface area is 82.4 Å². The highest BCUT2D eigenvalue weighted by atomic mass is 16.4. The zero-order valence-corrected chi connectivity index (χ0v) is 8.35. The number of ketones is 1. The second-order valence-corrected chi connectivity index (χ2v) is 2.62. The zero-order valence-electron chi connectivity index (χ0n) is 8.35. The van der Waals surface area contributed by atoms with E-state index in [1.54, 1.807) is 14.1 Å². The van der Waals surface area contributed by atoms with Gasteiger partial charge in [-0.3, -0.25) is 20.4 Å². The van der Waals surface area contributed by atoms with Gasteiger partial charge in [0.25, 0.3) is 0 Å². The van der Waals surface area contributed by atoms with Crippen molar-refractivity contribution in [1.82, 2.24) is 10.6 Å². The number of aliphatic carboxylic acids is 1. The molecule has 0 saturated heterocycles. The Balaban J connectivity index is 3.56. The minimum atomic E-state index is -1.61. The first-order chi connectivity index (χ1) is 6.61. The molecule has 6 nitrogen and oxygen atoms in total. The Morgan fingerprint density at radius 1 is 1.43 bits per heavy atom. The first-order valence-electron chi connectivity index (χ1n) is 4.32. The van der Waals surface area contributed by atoms with Crippen molar-refractivity contribution in [2.75, 3.05) is 20.6 Å². The predicted octanol–water partition coefficient (Wildman–Crippen LogP) is -4.04. The van der Waals surface area contributed by atoms with E-state index < -0.39 is 11.8 Å². The van der Waals surface area contributed by atoms with E-state index in [2.05, 4.69) is 15.6 Å². The summed E-state index contributed by atoms with van der Waals surface area (Å²) >= 11 is 0. The maximum Gasteiger partial charge on any atom is 0.342 e. The summed E-state index contributed by atoms with van der Waals surface area (Å²) in [6.07, 6.45) is 0.454. The molecule has 3 N–H and O–H groups in total. The number of carbonyl (C=O) groups excluding carboxylic acids is 2. The first kappa shape index (κ1) is 12.4. The van der Waals surface area contributed by atoms with Crippen LogP contribution in [0, 0.1) is 0 Å². The van der Waals surface area contributed by atoms with E-state index in [-0.39, 0.29) is 6.42 Å². The van der Waals surface area contributed by atoms with E-state index in [4.69, 9.17) is 0 Å². The molecule has 80 valence electrons. The Morgan fingerprint density at radius 2 is 2.07 bits per heavy atom. The van der Waals surface area contributed by atoms with Crippen LogP contribution in [-0.2, 0) is 9.59 Å². The molecule has 0 aromatic carbocycles. The number of carboxylic acids is 1. The van der Waals surface area contributed by atoms with Crippen molar-refractivity contribution in [1.29, 1.82) is 0 Å². The highest BCUT2D eigenvalue weighted by molar-refractivity contribution is 6.31. The van der Waals surface area contributed by atoms with Gasteiger partial charge >= 0.3 is 5.96 Å². The molecule has 0 aliphatic heterocycles. The summed E-state index contributed by atoms with van der Waals surface area (Å²) in [5, 5.41) is 15.8. The predicted molar refractivity (Wildman–Crippen MR) is 48.2 cm³/mol. The molecule has 0 saturated carbocycles. The standard InChI is InChI=1S/C8H15N3O3/c1-9-8(10-2)11-5-3-4-6(12)7(13)14/h3-5H2,1-2H3,(H,13,14)(H2,9,10,11). The molecule has 0 bridgehead atoms. The highest BCUT2D eigenvalue weighted by Crippen LogP contribution is 1.87. The van der Waals surface area contributed by atoms with E-state index in [1.807, 2.05) is 0 Å². The molecule has 0 aromatic rings. The van der Waals surface area contributed by atoms with Crippen molar-refractivity contribution in [3.63, 3.8) is 0 Å². The average molecular weight is 201 g/mol. The molecule has 0 amide bonds. The lowest BCUT2D eigenvalue weighted by Crippen LogP contribution is -2.75. The Kier molecular flexibility index (Phi) is 6.09. The molecular weight excluding hydrogens is 186 g/mol. The van der Waals surface area contributed by atoms with Gasteiger partial charge in [-0.2, -0.15) is 0 Å². The fourth-order valence-electron chi connectivity index (χ4n) is 0.866. The summed E-state index contributed by atoms with van der Waals surface area (Å²) in [5.74, 6) is -1.75. The molecule has 0 aliphatic carbocycles. The molecule has 0 radical (unpaired) electrons. The molecule has 0 unspecified atom stereocenters. The van der Waals surface area contributed by atoms with Crippen LogP contribution in [0.4, 0.5) is 0 Å². The molecule has 0 spiro atoms. The molecule has 0 aliphatic rings. The van der Waals surface area contributed by atoms with Crippen LogP contribution in [0.2, 0.25) is 0 Å². The van der Waals surface area contributed by atoms with Crippen LogP contribution in [0.25, 0.3) is 0 Å². The second kappa shape index (κ2) is 6.88. The fourth-order valence-corrected chi connectivity index (χ4v) is 0.866. The lowest BCUT2D eigenvalue weighted by atomic mass is 10.2. The summed E-state index contributed by atoms with van der Waals surface area (Å²) < 4.78 is 0. The molecule has 6 heteroatoms. The number of carboxylic acid groups (broad SMARTS) is 1. The van der Waals surface area contributed by atoms with Crippen molar-refractivity contribution in [2.24, 2.45) is 0 Å². The molecule has 0 heterocycles. The van der Waals surface area contributed by atoms with Gasteiger partial charge in [0, 0.05) is 6.42 Å². The fraction of sp³-hybridized carbons (Fsp3) is 0.625. The number of carbonyl (C=O) groups is 2. The van der Waals surface area contributed by atoms with E-state index in [0.29, 0.717) is 13.0 Å². The van der Waals surface area contributed by atoms with E-state index >= 15 is 0 Å². The third-order valence-corrected chi connectivity index (χ3v) is 1.61. The van der Waals surface area contributed by atoms with Crippen LogP contribution < -0.4 is 20.7 Å². The van der Waals surface area contributed by atoms with Gasteiger partial charge in [0.05, 0.1) is 20.6 Å². The van der Waals surface area contributed by atoms with Gasteiger partial charge in [-0.15, -0.1) is 0 Å². The monoisotopic (exact) mass is 201 g/mol. The van der Waals surface area contributed by atoms with E-state index in [0.717, 1.165) is 5.96 Å². The van der Waals surface area contributed by atoms with Gasteiger partial charge in [0.15, 0.2) is 5.78 Å². The minimum Gasteiger partial charge on any atom is -0.542 e. The SMILES string of the molecule is CNC(NCCCC(=O)C(=O)[O-])=[NH+]C. The molecule has 0 aromatic heterocycles. The maximum atomic E-state index is 10.6. The van der Waals surface area contributed by atoms with Crippen LogP contribution >= 0.6 is 0 Å². The van der Waals surface area contributed by atoms with E-state index in [9.17, 15) is 14.7 Å². The number of hydrogen-bond donors (Lipinski definition) is 3. The normalized spacial score (nSPS) is 10.9. The Morgan fingerprint density at radius 3 is 2.50 bits per heavy atom. The number of rotatable bonds is 5. The lowest BCUT2D eigenvalue weighted by molar-refractivity contribution is -0.424. The smallest absolute Gasteiger partial charge is 0.342 e. The van der Waals surface area contributed by atoms with Crippen molar-refractivity contribution in [3.8, 4) is 0 Å². The summed E-state index contributed by atoms with van der Waals surface area (Å²) in [6.45, 7) is 0.524. The van der Waals surface area contributed by atoms with Crippen molar-refractivity contribution in [2.45, 2.75) is 12.8 Å². The summed E-state index contributed by atoms with van der Waals surface area (Å²) in [7, 11) is 3.48. The van der Waals surface area contributed by atoms with Gasteiger partial charge in [-0.1, -0.05) is 0 Å².